The van der Waals surface area contributed by atoms with Crippen molar-refractivity contribution in [2.75, 3.05) is 0 Å². The molecule has 0 saturated heterocycles. The van der Waals surface area contributed by atoms with Crippen LogP contribution in [0.25, 0.3) is 0 Å². The van der Waals surface area contributed by atoms with Crippen LogP contribution in [0.15, 0.2) is 0 Å². The second-order valence-electron chi connectivity index (χ2n) is 2.98. The average molecular weight is 189 g/mol. The van der Waals surface area contributed by atoms with Crippen LogP contribution in [-0.2, 0) is 4.79 Å². The van der Waals surface area contributed by atoms with Crippen molar-refractivity contribution >= 4 is 17.5 Å². The van der Waals surface area contributed by atoms with E-state index in [2.05, 4.69) is 5.32 Å². The number of halogens is 1. The lowest BCUT2D eigenvalue weighted by molar-refractivity contribution is -0.121. The monoisotopic (exact) mass is 188 g/mol. The Bertz CT molecular complexity index is 196. The summed E-state index contributed by atoms with van der Waals surface area (Å²) in [5, 5.41) is 10.6. The Morgan fingerprint density at radius 2 is 2.00 bits per heavy atom. The lowest BCUT2D eigenvalue weighted by Gasteiger charge is -2.15. The third kappa shape index (κ3) is 3.59. The molecule has 2 atom stereocenters. The Balaban J connectivity index is 4.06. The van der Waals surface area contributed by atoms with Gasteiger partial charge in [0, 0.05) is 0 Å². The van der Waals surface area contributed by atoms with Gasteiger partial charge in [0.2, 0.25) is 5.91 Å². The average Bonchev–Trinajstić information content (AvgIpc) is 1.98. The van der Waals surface area contributed by atoms with Crippen LogP contribution in [0.2, 0.25) is 0 Å². The Hall–Kier alpha value is -0.750. The van der Waals surface area contributed by atoms with Crippen LogP contribution in [0.5, 0.6) is 0 Å². The summed E-state index contributed by atoms with van der Waals surface area (Å²) in [6, 6.07) is 1.55. The lowest BCUT2D eigenvalue weighted by Crippen LogP contribution is -2.40. The van der Waals surface area contributed by atoms with Gasteiger partial charge in [0.25, 0.3) is 0 Å². The zero-order valence-corrected chi connectivity index (χ0v) is 8.22. The summed E-state index contributed by atoms with van der Waals surface area (Å²) in [5.41, 5.74) is 0. The van der Waals surface area contributed by atoms with E-state index in [1.807, 2.05) is 19.9 Å². The maximum absolute atomic E-state index is 11.0. The molecule has 0 radical (unpaired) electrons. The van der Waals surface area contributed by atoms with Crippen molar-refractivity contribution in [1.29, 1.82) is 5.26 Å². The Kier molecular flexibility index (Phi) is 4.68. The highest BCUT2D eigenvalue weighted by molar-refractivity contribution is 6.30. The molecule has 1 amide bonds. The maximum atomic E-state index is 11.0. The molecular weight excluding hydrogens is 176 g/mol. The molecule has 0 rings (SSSR count). The highest BCUT2D eigenvalue weighted by Gasteiger charge is 2.17. The smallest absolute Gasteiger partial charge is 0.238 e. The molecule has 0 aliphatic carbocycles. The van der Waals surface area contributed by atoms with Crippen LogP contribution in [0.1, 0.15) is 20.8 Å². The van der Waals surface area contributed by atoms with Gasteiger partial charge in [-0.25, -0.2) is 0 Å². The van der Waals surface area contributed by atoms with Crippen molar-refractivity contribution in [1.82, 2.24) is 5.32 Å². The molecule has 0 aromatic rings. The Morgan fingerprint density at radius 3 is 2.25 bits per heavy atom. The largest absolute Gasteiger partial charge is 0.339 e. The van der Waals surface area contributed by atoms with Gasteiger partial charge in [-0.05, 0) is 12.8 Å². The molecule has 1 N–H and O–H groups in total. The third-order valence-corrected chi connectivity index (χ3v) is 1.66. The molecule has 0 heterocycles. The standard InChI is InChI=1S/C8H13ClN2O/c1-5(2)7(4-10)11-8(12)6(3)9/h5-7H,1-3H3,(H,11,12). The highest BCUT2D eigenvalue weighted by Crippen LogP contribution is 2.01. The van der Waals surface area contributed by atoms with Gasteiger partial charge in [0.15, 0.2) is 0 Å². The fraction of sp³-hybridized carbons (Fsp3) is 0.750. The summed E-state index contributed by atoms with van der Waals surface area (Å²) in [6.45, 7) is 5.31. The van der Waals surface area contributed by atoms with E-state index in [0.29, 0.717) is 0 Å². The molecule has 0 fully saturated rings. The van der Waals surface area contributed by atoms with E-state index in [9.17, 15) is 4.79 Å². The maximum Gasteiger partial charge on any atom is 0.238 e. The summed E-state index contributed by atoms with van der Waals surface area (Å²) in [5.74, 6) is -0.189. The number of hydrogen-bond acceptors (Lipinski definition) is 2. The van der Waals surface area contributed by atoms with E-state index in [4.69, 9.17) is 16.9 Å². The van der Waals surface area contributed by atoms with Crippen molar-refractivity contribution in [3.8, 4) is 6.07 Å². The fourth-order valence-electron chi connectivity index (χ4n) is 0.616. The predicted molar refractivity (Wildman–Crippen MR) is 47.7 cm³/mol. The first-order valence-electron chi connectivity index (χ1n) is 3.83. The first-order valence-corrected chi connectivity index (χ1v) is 4.26. The molecular formula is C8H13ClN2O. The lowest BCUT2D eigenvalue weighted by atomic mass is 10.1. The first-order chi connectivity index (χ1) is 5.49. The number of rotatable bonds is 3. The number of nitriles is 1. The van der Waals surface area contributed by atoms with Gasteiger partial charge in [-0.3, -0.25) is 4.79 Å². The predicted octanol–water partition coefficient (Wildman–Crippen LogP) is 1.28. The van der Waals surface area contributed by atoms with Gasteiger partial charge >= 0.3 is 0 Å². The number of nitrogens with zero attached hydrogens (tertiary/aromatic N) is 1. The molecule has 3 nitrogen and oxygen atoms in total. The van der Waals surface area contributed by atoms with Crippen molar-refractivity contribution < 1.29 is 4.79 Å². The molecule has 0 aromatic carbocycles. The number of nitrogens with one attached hydrogen (secondary N) is 1. The summed E-state index contributed by atoms with van der Waals surface area (Å²) in [4.78, 5) is 11.0. The van der Waals surface area contributed by atoms with Gasteiger partial charge in [0.05, 0.1) is 6.07 Å². The minimum atomic E-state index is -0.584. The van der Waals surface area contributed by atoms with Gasteiger partial charge in [-0.2, -0.15) is 5.26 Å². The summed E-state index contributed by atoms with van der Waals surface area (Å²) >= 11 is 5.51. The molecule has 4 heteroatoms. The van der Waals surface area contributed by atoms with Crippen LogP contribution < -0.4 is 5.32 Å². The van der Waals surface area contributed by atoms with Crippen molar-refractivity contribution in [3.05, 3.63) is 0 Å². The topological polar surface area (TPSA) is 52.9 Å². The zero-order valence-electron chi connectivity index (χ0n) is 7.47. The Morgan fingerprint density at radius 1 is 1.50 bits per heavy atom. The summed E-state index contributed by atoms with van der Waals surface area (Å²) in [7, 11) is 0. The first kappa shape index (κ1) is 11.2. The summed E-state index contributed by atoms with van der Waals surface area (Å²) in [6.07, 6.45) is 0. The van der Waals surface area contributed by atoms with Gasteiger partial charge < -0.3 is 5.32 Å². The SMILES string of the molecule is CC(Cl)C(=O)NC(C#N)C(C)C. The van der Waals surface area contributed by atoms with Crippen LogP contribution in [0, 0.1) is 17.2 Å². The molecule has 0 aliphatic rings. The second kappa shape index (κ2) is 5.00. The molecule has 0 aliphatic heterocycles. The van der Waals surface area contributed by atoms with E-state index in [-0.39, 0.29) is 11.8 Å². The van der Waals surface area contributed by atoms with E-state index >= 15 is 0 Å². The van der Waals surface area contributed by atoms with Crippen molar-refractivity contribution in [3.63, 3.8) is 0 Å². The molecule has 12 heavy (non-hydrogen) atoms. The van der Waals surface area contributed by atoms with E-state index in [0.717, 1.165) is 0 Å². The summed E-state index contributed by atoms with van der Waals surface area (Å²) < 4.78 is 0. The number of carbonyl (C=O) groups is 1. The molecule has 68 valence electrons. The number of carbonyl (C=O) groups excluding carboxylic acids is 1. The molecule has 0 spiro atoms. The van der Waals surface area contributed by atoms with Crippen LogP contribution in [0.3, 0.4) is 0 Å². The Labute approximate surface area is 77.7 Å². The van der Waals surface area contributed by atoms with E-state index < -0.39 is 11.4 Å². The zero-order chi connectivity index (χ0) is 9.72. The van der Waals surface area contributed by atoms with E-state index in [1.54, 1.807) is 6.92 Å². The van der Waals surface area contributed by atoms with Crippen molar-refractivity contribution in [2.45, 2.75) is 32.2 Å². The van der Waals surface area contributed by atoms with E-state index in [1.165, 1.54) is 0 Å². The number of alkyl halides is 1. The quantitative estimate of drug-likeness (QED) is 0.679. The number of hydrogen-bond donors (Lipinski definition) is 1. The van der Waals surface area contributed by atoms with Gasteiger partial charge in [-0.1, -0.05) is 13.8 Å². The highest BCUT2D eigenvalue weighted by atomic mass is 35.5. The normalized spacial score (nSPS) is 15.0. The fourth-order valence-corrected chi connectivity index (χ4v) is 0.679. The molecule has 0 bridgehead atoms. The third-order valence-electron chi connectivity index (χ3n) is 1.46. The van der Waals surface area contributed by atoms with Gasteiger partial charge in [0.1, 0.15) is 11.4 Å². The second-order valence-corrected chi connectivity index (χ2v) is 3.63. The van der Waals surface area contributed by atoms with Crippen LogP contribution >= 0.6 is 11.6 Å². The molecule has 2 unspecified atom stereocenters. The van der Waals surface area contributed by atoms with Crippen molar-refractivity contribution in [2.24, 2.45) is 5.92 Å². The minimum absolute atomic E-state index is 0.106. The minimum Gasteiger partial charge on any atom is -0.339 e. The van der Waals surface area contributed by atoms with Gasteiger partial charge in [-0.15, -0.1) is 11.6 Å². The molecule has 0 saturated carbocycles. The molecule has 0 aromatic heterocycles. The number of amides is 1. The van der Waals surface area contributed by atoms with Crippen LogP contribution in [-0.4, -0.2) is 17.3 Å². The van der Waals surface area contributed by atoms with Crippen LogP contribution in [0.4, 0.5) is 0 Å².